The second-order valence-electron chi connectivity index (χ2n) is 21.5. The van der Waals surface area contributed by atoms with Crippen LogP contribution in [-0.4, -0.2) is 150 Å². The zero-order chi connectivity index (χ0) is 49.1. The van der Waals surface area contributed by atoms with E-state index in [0.29, 0.717) is 68.9 Å². The van der Waals surface area contributed by atoms with Gasteiger partial charge in [-0.2, -0.15) is 0 Å². The van der Waals surface area contributed by atoms with E-state index >= 15 is 0 Å². The van der Waals surface area contributed by atoms with Crippen molar-refractivity contribution in [1.82, 2.24) is 29.7 Å². The number of likely N-dealkylation sites (N-methyl/N-ethyl adjacent to an activating group) is 1. The van der Waals surface area contributed by atoms with Crippen molar-refractivity contribution < 1.29 is 58.9 Å². The topological polar surface area (TPSA) is 268 Å². The van der Waals surface area contributed by atoms with Crippen LogP contribution < -0.4 is 10.6 Å². The van der Waals surface area contributed by atoms with Gasteiger partial charge >= 0.3 is 11.9 Å². The molecule has 1 saturated heterocycles. The van der Waals surface area contributed by atoms with Crippen molar-refractivity contribution in [3.05, 3.63) is 24.3 Å². The summed E-state index contributed by atoms with van der Waals surface area (Å²) < 4.78 is 19.2. The number of carboxylic acid groups (broad SMARTS) is 1. The summed E-state index contributed by atoms with van der Waals surface area (Å²) in [5.74, 6) is -0.400. The van der Waals surface area contributed by atoms with E-state index < -0.39 is 47.6 Å². The molecule has 2 aliphatic heterocycles. The number of aliphatic hydroxyl groups excluding tert-OH is 3. The SMILES string of the molecule is CN(CCCC(=O)O)C[C@H]1O[C@@H](n2cnc3c(NC(=O)CCCCCNC(=O)CCCCCO[C@@H]4CC[C@@]5(C)[C@H](CCC6[C@@H]5C[C@@H](O)[C@]5(C)[C@@H](C7=CC(=O)OC7)CC[C@]65O)C4)ncnc32)[C@H](O)[C@@H]1O. The maximum atomic E-state index is 12.9. The van der Waals surface area contributed by atoms with Gasteiger partial charge in [-0.25, -0.2) is 19.7 Å². The summed E-state index contributed by atoms with van der Waals surface area (Å²) in [6.45, 7) is 6.69. The molecule has 4 heterocycles. The first-order valence-electron chi connectivity index (χ1n) is 25.6. The Morgan fingerprint density at radius 1 is 0.899 bits per heavy atom. The number of aromatic nitrogens is 4. The van der Waals surface area contributed by atoms with Crippen LogP contribution in [0.3, 0.4) is 0 Å². The number of cyclic esters (lactones) is 1. The predicted octanol–water partition coefficient (Wildman–Crippen LogP) is 4.03. The molecule has 2 aromatic heterocycles. The van der Waals surface area contributed by atoms with Crippen molar-refractivity contribution in [2.75, 3.05) is 45.2 Å². The lowest BCUT2D eigenvalue weighted by Gasteiger charge is -2.65. The molecule has 13 atom stereocenters. The lowest BCUT2D eigenvalue weighted by atomic mass is 9.42. The van der Waals surface area contributed by atoms with Gasteiger partial charge in [0, 0.05) is 50.4 Å². The van der Waals surface area contributed by atoms with Gasteiger partial charge in [-0.15, -0.1) is 0 Å². The van der Waals surface area contributed by atoms with Crippen LogP contribution >= 0.6 is 0 Å². The van der Waals surface area contributed by atoms with E-state index in [1.54, 1.807) is 13.1 Å². The van der Waals surface area contributed by atoms with Crippen molar-refractivity contribution >= 4 is 40.7 Å². The molecule has 4 saturated carbocycles. The Morgan fingerprint density at radius 3 is 2.45 bits per heavy atom. The standard InChI is InChI=1S/C50H75N7O12/c1-48-18-16-32(24-31(48)14-15-34-35(48)25-37(58)49(2)33(17-19-50(34,49)66)30-23-41(63)68-27-30)67-22-9-5-7-11-38(59)51-20-8-4-6-12-39(60)55-45-42-46(53-28-52-45)57(29-54-42)47-44(65)43(64)36(69-47)26-56(3)21-10-13-40(61)62/h23,28-29,31-37,43-44,47,58,64-66H,4-22,24-27H2,1-3H3,(H,51,59)(H,61,62)(H,52,53,55,60)/t31-,32-,33-,34?,35+,36-,37-,43-,44-,47-,48+,49+,50+/m1/s1. The number of unbranched alkanes of at least 4 members (excludes halogenated alkanes) is 4. The van der Waals surface area contributed by atoms with E-state index in [-0.39, 0.29) is 78.9 Å². The first-order chi connectivity index (χ1) is 33.0. The molecule has 0 radical (unpaired) electrons. The fourth-order valence-electron chi connectivity index (χ4n) is 13.6. The number of carbonyl (C=O) groups is 4. The number of esters is 1. The van der Waals surface area contributed by atoms with E-state index in [9.17, 15) is 39.6 Å². The first kappa shape index (κ1) is 51.3. The minimum Gasteiger partial charge on any atom is -0.481 e. The van der Waals surface area contributed by atoms with E-state index in [2.05, 4.69) is 39.4 Å². The number of amides is 2. The summed E-state index contributed by atoms with van der Waals surface area (Å²) in [5.41, 5.74) is -0.0838. The van der Waals surface area contributed by atoms with Crippen LogP contribution in [0, 0.1) is 34.5 Å². The number of carboxylic acids is 1. The quantitative estimate of drug-likeness (QED) is 0.0649. The highest BCUT2D eigenvalue weighted by molar-refractivity contribution is 5.96. The zero-order valence-corrected chi connectivity index (χ0v) is 40.6. The maximum absolute atomic E-state index is 12.9. The van der Waals surface area contributed by atoms with Crippen molar-refractivity contribution in [3.63, 3.8) is 0 Å². The van der Waals surface area contributed by atoms with E-state index in [1.807, 2.05) is 4.90 Å². The average Bonchev–Trinajstić information content (AvgIpc) is 4.08. The highest BCUT2D eigenvalue weighted by atomic mass is 16.6. The third-order valence-electron chi connectivity index (χ3n) is 17.5. The number of nitrogens with zero attached hydrogens (tertiary/aromatic N) is 5. The van der Waals surface area contributed by atoms with Crippen LogP contribution in [0.2, 0.25) is 0 Å². The second-order valence-corrected chi connectivity index (χ2v) is 21.5. The Kier molecular flexibility index (Phi) is 16.1. The molecule has 0 aromatic carbocycles. The summed E-state index contributed by atoms with van der Waals surface area (Å²) in [4.78, 5) is 62.9. The Labute approximate surface area is 404 Å². The normalized spacial score (nSPS) is 35.1. The van der Waals surface area contributed by atoms with E-state index in [1.165, 1.54) is 17.2 Å². The Hall–Kier alpha value is -4.11. The molecule has 5 fully saturated rings. The molecule has 7 N–H and O–H groups in total. The van der Waals surface area contributed by atoms with E-state index in [4.69, 9.17) is 19.3 Å². The second kappa shape index (κ2) is 21.7. The minimum atomic E-state index is -1.28. The summed E-state index contributed by atoms with van der Waals surface area (Å²) in [5, 5.41) is 60.7. The van der Waals surface area contributed by atoms with Crippen molar-refractivity contribution in [3.8, 4) is 0 Å². The smallest absolute Gasteiger partial charge is 0.331 e. The predicted molar refractivity (Wildman–Crippen MR) is 251 cm³/mol. The van der Waals surface area contributed by atoms with Crippen LogP contribution in [0.15, 0.2) is 24.3 Å². The third-order valence-corrected chi connectivity index (χ3v) is 17.5. The van der Waals surface area contributed by atoms with Gasteiger partial charge in [0.15, 0.2) is 23.2 Å². The fourth-order valence-corrected chi connectivity index (χ4v) is 13.6. The number of imidazole rings is 1. The van der Waals surface area contributed by atoms with Gasteiger partial charge in [0.1, 0.15) is 31.2 Å². The Bertz CT molecular complexity index is 2190. The molecule has 382 valence electrons. The van der Waals surface area contributed by atoms with Gasteiger partial charge in [0.2, 0.25) is 11.8 Å². The van der Waals surface area contributed by atoms with Crippen LogP contribution in [0.4, 0.5) is 5.82 Å². The number of rotatable bonds is 22. The lowest BCUT2D eigenvalue weighted by Crippen LogP contribution is -2.67. The van der Waals surface area contributed by atoms with Crippen molar-refractivity contribution in [2.45, 2.75) is 172 Å². The molecule has 8 rings (SSSR count). The molecule has 0 spiro atoms. The summed E-state index contributed by atoms with van der Waals surface area (Å²) >= 11 is 0. The zero-order valence-electron chi connectivity index (χ0n) is 40.6. The number of hydrogen-bond acceptors (Lipinski definition) is 15. The Morgan fingerprint density at radius 2 is 1.68 bits per heavy atom. The number of ether oxygens (including phenoxy) is 3. The van der Waals surface area contributed by atoms with Crippen molar-refractivity contribution in [2.24, 2.45) is 34.5 Å². The molecular formula is C50H75N7O12. The summed E-state index contributed by atoms with van der Waals surface area (Å²) in [7, 11) is 1.79. The molecule has 69 heavy (non-hydrogen) atoms. The number of hydrogen-bond donors (Lipinski definition) is 7. The first-order valence-corrected chi connectivity index (χ1v) is 25.6. The summed E-state index contributed by atoms with van der Waals surface area (Å²) in [6, 6.07) is 0. The number of anilines is 1. The molecule has 6 aliphatic rings. The number of aliphatic hydroxyl groups is 4. The van der Waals surface area contributed by atoms with E-state index in [0.717, 1.165) is 76.2 Å². The Balaban J connectivity index is 0.678. The van der Waals surface area contributed by atoms with Crippen LogP contribution in [0.5, 0.6) is 0 Å². The number of fused-ring (bicyclic) bond motifs is 6. The van der Waals surface area contributed by atoms with Crippen LogP contribution in [0.25, 0.3) is 11.2 Å². The number of carbonyl (C=O) groups excluding carboxylic acids is 3. The largest absolute Gasteiger partial charge is 0.481 e. The number of nitrogens with one attached hydrogen (secondary N) is 2. The fraction of sp³-hybridized carbons (Fsp3) is 0.780. The third kappa shape index (κ3) is 10.6. The van der Waals surface area contributed by atoms with Gasteiger partial charge in [0.25, 0.3) is 0 Å². The molecule has 2 amide bonds. The molecule has 1 unspecified atom stereocenters. The van der Waals surface area contributed by atoms with Crippen molar-refractivity contribution in [1.29, 1.82) is 0 Å². The minimum absolute atomic E-state index is 0.0228. The van der Waals surface area contributed by atoms with Gasteiger partial charge in [0.05, 0.1) is 24.1 Å². The molecule has 19 nitrogen and oxygen atoms in total. The van der Waals surface area contributed by atoms with Gasteiger partial charge in [-0.05, 0) is 132 Å². The molecule has 4 aliphatic carbocycles. The molecule has 2 aromatic rings. The highest BCUT2D eigenvalue weighted by Gasteiger charge is 2.70. The van der Waals surface area contributed by atoms with Crippen LogP contribution in [0.1, 0.15) is 136 Å². The average molecular weight is 966 g/mol. The molecule has 19 heteroatoms. The molecular weight excluding hydrogens is 891 g/mol. The van der Waals surface area contributed by atoms with Gasteiger partial charge in [-0.3, -0.25) is 19.0 Å². The summed E-state index contributed by atoms with van der Waals surface area (Å²) in [6.07, 6.45) is 12.6. The lowest BCUT2D eigenvalue weighted by molar-refractivity contribution is -0.245. The van der Waals surface area contributed by atoms with Gasteiger partial charge in [-0.1, -0.05) is 26.7 Å². The van der Waals surface area contributed by atoms with Gasteiger partial charge < -0.3 is 55.3 Å². The monoisotopic (exact) mass is 966 g/mol. The molecule has 0 bridgehead atoms. The number of aliphatic carboxylic acids is 1. The van der Waals surface area contributed by atoms with Crippen LogP contribution in [-0.2, 0) is 33.4 Å². The maximum Gasteiger partial charge on any atom is 0.331 e. The highest BCUT2D eigenvalue weighted by Crippen LogP contribution is 2.70.